The molecule has 0 bridgehead atoms. The fraction of sp³-hybridized carbons (Fsp3) is 0.615. The Kier molecular flexibility index (Phi) is 2.87. The largest absolute Gasteiger partial charge is 0.348 e. The number of anilines is 1. The molecule has 0 aromatic carbocycles. The van der Waals surface area contributed by atoms with Gasteiger partial charge in [-0.1, -0.05) is 6.92 Å². The molecule has 1 fully saturated rings. The summed E-state index contributed by atoms with van der Waals surface area (Å²) in [4.78, 5) is 7.37. The molecule has 3 rings (SSSR count). The molecular formula is C13H18BrN3. The third-order valence-corrected chi connectivity index (χ3v) is 4.51. The van der Waals surface area contributed by atoms with E-state index < -0.39 is 0 Å². The van der Waals surface area contributed by atoms with Crippen molar-refractivity contribution < 1.29 is 0 Å². The van der Waals surface area contributed by atoms with E-state index in [0.717, 1.165) is 25.9 Å². The average molecular weight is 296 g/mol. The van der Waals surface area contributed by atoms with Crippen LogP contribution < -0.4 is 10.2 Å². The van der Waals surface area contributed by atoms with Gasteiger partial charge in [-0.2, -0.15) is 0 Å². The molecule has 0 unspecified atom stereocenters. The van der Waals surface area contributed by atoms with E-state index >= 15 is 0 Å². The molecule has 1 saturated heterocycles. The first-order chi connectivity index (χ1) is 8.20. The van der Waals surface area contributed by atoms with Gasteiger partial charge in [0.05, 0.1) is 5.69 Å². The molecule has 0 radical (unpaired) electrons. The Balaban J connectivity index is 2.05. The first-order valence-electron chi connectivity index (χ1n) is 6.38. The van der Waals surface area contributed by atoms with Gasteiger partial charge in [0.25, 0.3) is 0 Å². The molecule has 4 heteroatoms. The van der Waals surface area contributed by atoms with Gasteiger partial charge >= 0.3 is 0 Å². The second-order valence-corrected chi connectivity index (χ2v) is 5.88. The first kappa shape index (κ1) is 11.5. The van der Waals surface area contributed by atoms with Crippen molar-refractivity contribution >= 4 is 21.7 Å². The van der Waals surface area contributed by atoms with E-state index in [1.807, 2.05) is 0 Å². The smallest absolute Gasteiger partial charge is 0.132 e. The summed E-state index contributed by atoms with van der Waals surface area (Å²) >= 11 is 3.63. The summed E-state index contributed by atoms with van der Waals surface area (Å²) in [5, 5.41) is 3.50. The molecule has 1 N–H and O–H groups in total. The maximum Gasteiger partial charge on any atom is 0.132 e. The summed E-state index contributed by atoms with van der Waals surface area (Å²) in [5.74, 6) is 1.23. The van der Waals surface area contributed by atoms with Crippen LogP contribution in [0.25, 0.3) is 0 Å². The number of hydrogen-bond donors (Lipinski definition) is 1. The lowest BCUT2D eigenvalue weighted by Gasteiger charge is -2.37. The number of nitrogens with zero attached hydrogens (tertiary/aromatic N) is 2. The van der Waals surface area contributed by atoms with E-state index in [9.17, 15) is 0 Å². The zero-order valence-electron chi connectivity index (χ0n) is 10.3. The number of piperazine rings is 1. The van der Waals surface area contributed by atoms with Gasteiger partial charge in [0.2, 0.25) is 0 Å². The van der Waals surface area contributed by atoms with Crippen molar-refractivity contribution in [3.63, 3.8) is 0 Å². The van der Waals surface area contributed by atoms with Crippen molar-refractivity contribution in [1.29, 1.82) is 0 Å². The molecule has 92 valence electrons. The van der Waals surface area contributed by atoms with Crippen LogP contribution in [0.5, 0.6) is 0 Å². The number of hydrogen-bond acceptors (Lipinski definition) is 3. The van der Waals surface area contributed by atoms with Gasteiger partial charge in [0.15, 0.2) is 0 Å². The predicted octanol–water partition coefficient (Wildman–Crippen LogP) is 2.13. The van der Waals surface area contributed by atoms with Gasteiger partial charge in [-0.25, -0.2) is 4.98 Å². The fourth-order valence-electron chi connectivity index (χ4n) is 3.00. The highest BCUT2D eigenvalue weighted by atomic mass is 79.9. The van der Waals surface area contributed by atoms with Gasteiger partial charge in [-0.05, 0) is 47.3 Å². The average Bonchev–Trinajstić information content (AvgIpc) is 2.66. The van der Waals surface area contributed by atoms with Crippen LogP contribution in [0.2, 0.25) is 0 Å². The highest BCUT2D eigenvalue weighted by Crippen LogP contribution is 2.36. The maximum atomic E-state index is 4.86. The lowest BCUT2D eigenvalue weighted by atomic mass is 10.1. The van der Waals surface area contributed by atoms with Crippen molar-refractivity contribution in [3.05, 3.63) is 21.8 Å². The van der Waals surface area contributed by atoms with E-state index in [-0.39, 0.29) is 0 Å². The zero-order valence-corrected chi connectivity index (χ0v) is 11.9. The Labute approximate surface area is 111 Å². The Morgan fingerprint density at radius 1 is 1.53 bits per heavy atom. The minimum atomic E-state index is 0.549. The van der Waals surface area contributed by atoms with Crippen LogP contribution in [0.15, 0.2) is 10.5 Å². The number of pyridine rings is 1. The van der Waals surface area contributed by atoms with Gasteiger partial charge in [-0.3, -0.25) is 0 Å². The molecule has 1 aromatic rings. The number of aryl methyl sites for hydroxylation is 1. The minimum absolute atomic E-state index is 0.549. The van der Waals surface area contributed by atoms with Gasteiger partial charge in [0.1, 0.15) is 5.82 Å². The van der Waals surface area contributed by atoms with Crippen molar-refractivity contribution in [2.24, 2.45) is 0 Å². The van der Waals surface area contributed by atoms with Crippen molar-refractivity contribution in [1.82, 2.24) is 10.3 Å². The molecule has 2 aliphatic heterocycles. The third kappa shape index (κ3) is 1.78. The lowest BCUT2D eigenvalue weighted by Crippen LogP contribution is -2.55. The zero-order chi connectivity index (χ0) is 12.0. The Morgan fingerprint density at radius 2 is 2.35 bits per heavy atom. The Hall–Kier alpha value is -0.610. The van der Waals surface area contributed by atoms with Crippen LogP contribution in [-0.4, -0.2) is 30.2 Å². The summed E-state index contributed by atoms with van der Waals surface area (Å²) in [7, 11) is 0. The summed E-state index contributed by atoms with van der Waals surface area (Å²) < 4.78 is 1.17. The van der Waals surface area contributed by atoms with Crippen LogP contribution in [0.3, 0.4) is 0 Å². The molecule has 3 nitrogen and oxygen atoms in total. The van der Waals surface area contributed by atoms with E-state index in [1.165, 1.54) is 21.5 Å². The van der Waals surface area contributed by atoms with E-state index in [4.69, 9.17) is 4.98 Å². The minimum Gasteiger partial charge on any atom is -0.348 e. The number of rotatable bonds is 1. The molecule has 17 heavy (non-hydrogen) atoms. The molecule has 1 aromatic heterocycles. The SMILES string of the molecule is CCc1nc2c(cc1Br)C[C@@H]1CNC[C@@H](C)N21. The molecule has 0 amide bonds. The van der Waals surface area contributed by atoms with Crippen LogP contribution in [-0.2, 0) is 12.8 Å². The Bertz CT molecular complexity index is 447. The number of nitrogens with one attached hydrogen (secondary N) is 1. The number of aromatic nitrogens is 1. The summed E-state index contributed by atoms with van der Waals surface area (Å²) in [6, 6.07) is 3.42. The second-order valence-electron chi connectivity index (χ2n) is 5.03. The fourth-order valence-corrected chi connectivity index (χ4v) is 3.64. The standard InChI is InChI=1S/C13H18BrN3/c1-3-12-11(14)5-9-4-10-7-15-6-8(2)17(10)13(9)16-12/h5,8,10,15H,3-4,6-7H2,1-2H3/t8-,10-/m1/s1. The molecule has 0 saturated carbocycles. The molecule has 2 aliphatic rings. The van der Waals surface area contributed by atoms with Crippen molar-refractivity contribution in [3.8, 4) is 0 Å². The molecule has 2 atom stereocenters. The topological polar surface area (TPSA) is 28.2 Å². The molecule has 0 aliphatic carbocycles. The van der Waals surface area contributed by atoms with E-state index in [1.54, 1.807) is 0 Å². The summed E-state index contributed by atoms with van der Waals surface area (Å²) in [6.45, 7) is 6.59. The van der Waals surface area contributed by atoms with E-state index in [2.05, 4.69) is 46.1 Å². The highest BCUT2D eigenvalue weighted by molar-refractivity contribution is 9.10. The Morgan fingerprint density at radius 3 is 3.12 bits per heavy atom. The van der Waals surface area contributed by atoms with Crippen LogP contribution in [0, 0.1) is 0 Å². The lowest BCUT2D eigenvalue weighted by molar-refractivity contribution is 0.427. The number of halogens is 1. The normalized spacial score (nSPS) is 26.9. The van der Waals surface area contributed by atoms with Gasteiger partial charge < -0.3 is 10.2 Å². The molecule has 3 heterocycles. The monoisotopic (exact) mass is 295 g/mol. The van der Waals surface area contributed by atoms with Gasteiger partial charge in [-0.15, -0.1) is 0 Å². The van der Waals surface area contributed by atoms with Crippen LogP contribution in [0.4, 0.5) is 5.82 Å². The van der Waals surface area contributed by atoms with Crippen molar-refractivity contribution in [2.75, 3.05) is 18.0 Å². The van der Waals surface area contributed by atoms with Crippen LogP contribution in [0.1, 0.15) is 25.1 Å². The predicted molar refractivity (Wildman–Crippen MR) is 73.6 cm³/mol. The number of fused-ring (bicyclic) bond motifs is 3. The summed E-state index contributed by atoms with van der Waals surface area (Å²) in [6.07, 6.45) is 2.11. The summed E-state index contributed by atoms with van der Waals surface area (Å²) in [5.41, 5.74) is 2.57. The van der Waals surface area contributed by atoms with Gasteiger partial charge in [0, 0.05) is 29.6 Å². The molecular weight excluding hydrogens is 278 g/mol. The van der Waals surface area contributed by atoms with E-state index in [0.29, 0.717) is 12.1 Å². The van der Waals surface area contributed by atoms with Crippen LogP contribution >= 0.6 is 15.9 Å². The quantitative estimate of drug-likeness (QED) is 0.860. The second kappa shape index (κ2) is 4.25. The highest BCUT2D eigenvalue weighted by Gasteiger charge is 2.36. The molecule has 0 spiro atoms. The maximum absolute atomic E-state index is 4.86. The van der Waals surface area contributed by atoms with Crippen molar-refractivity contribution in [2.45, 2.75) is 38.8 Å². The first-order valence-corrected chi connectivity index (χ1v) is 7.17. The third-order valence-electron chi connectivity index (χ3n) is 3.83.